The molecule has 15 heteroatoms. The highest BCUT2D eigenvalue weighted by Gasteiger charge is 2.43. The topological polar surface area (TPSA) is 73.2 Å². The van der Waals surface area contributed by atoms with Gasteiger partial charge < -0.3 is 14.6 Å². The maximum Gasteiger partial charge on any atom is 0.434 e. The molecule has 0 aliphatic carbocycles. The van der Waals surface area contributed by atoms with Crippen molar-refractivity contribution in [2.45, 2.75) is 31.9 Å². The number of ether oxygens (including phenoxy) is 1. The molecule has 0 radical (unpaired) electrons. The zero-order valence-electron chi connectivity index (χ0n) is 18.9. The number of carbonyl (C=O) groups is 2. The van der Waals surface area contributed by atoms with Crippen molar-refractivity contribution in [2.75, 3.05) is 6.61 Å². The molecule has 6 nitrogen and oxygen atoms in total. The number of pyridine rings is 1. The van der Waals surface area contributed by atoms with E-state index in [1.165, 1.54) is 6.92 Å². The van der Waals surface area contributed by atoms with Crippen molar-refractivity contribution in [2.24, 2.45) is 0 Å². The number of nitrogens with zero attached hydrogens (tertiary/aromatic N) is 2. The molecule has 0 saturated carbocycles. The molecule has 0 bridgehead atoms. The molecule has 1 amide bonds. The number of hydrogen-bond acceptors (Lipinski definition) is 4. The maximum absolute atomic E-state index is 13.9. The molecule has 0 saturated heterocycles. The van der Waals surface area contributed by atoms with Crippen LogP contribution in [0.25, 0.3) is 11.0 Å². The highest BCUT2D eigenvalue weighted by atomic mass is 35.5. The summed E-state index contributed by atoms with van der Waals surface area (Å²) in [7, 11) is 0. The van der Waals surface area contributed by atoms with E-state index in [0.717, 1.165) is 16.7 Å². The minimum Gasteiger partial charge on any atom is -0.462 e. The van der Waals surface area contributed by atoms with Crippen LogP contribution >= 0.6 is 23.2 Å². The number of benzene rings is 1. The molecular weight excluding hydrogens is 570 g/mol. The molecule has 0 spiro atoms. The van der Waals surface area contributed by atoms with Crippen LogP contribution in [0.5, 0.6) is 0 Å². The predicted octanol–water partition coefficient (Wildman–Crippen LogP) is 6.34. The Balaban J connectivity index is 2.18. The van der Waals surface area contributed by atoms with Crippen LogP contribution in [0.2, 0.25) is 10.0 Å². The predicted molar refractivity (Wildman–Crippen MR) is 122 cm³/mol. The Hall–Kier alpha value is -3.50. The van der Waals surface area contributed by atoms with Gasteiger partial charge in [0.15, 0.2) is 17.6 Å². The Morgan fingerprint density at radius 2 is 1.74 bits per heavy atom. The van der Waals surface area contributed by atoms with Gasteiger partial charge in [0.1, 0.15) is 11.3 Å². The molecule has 202 valence electrons. The van der Waals surface area contributed by atoms with Gasteiger partial charge in [0, 0.05) is 5.39 Å². The average molecular weight is 584 g/mol. The number of terminal acetylenes is 1. The van der Waals surface area contributed by atoms with Crippen LogP contribution in [0.4, 0.5) is 30.7 Å². The minimum absolute atomic E-state index is 0.210. The van der Waals surface area contributed by atoms with E-state index < -0.39 is 80.8 Å². The van der Waals surface area contributed by atoms with Crippen molar-refractivity contribution < 1.29 is 45.1 Å². The molecule has 1 atom stereocenters. The summed E-state index contributed by atoms with van der Waals surface area (Å²) in [5, 5.41) is -0.00478. The third kappa shape index (κ3) is 5.81. The first-order valence-corrected chi connectivity index (χ1v) is 11.1. The molecule has 0 aliphatic rings. The summed E-state index contributed by atoms with van der Waals surface area (Å²) in [6.07, 6.45) is -5.01. The lowest BCUT2D eigenvalue weighted by molar-refractivity contribution is -0.155. The zero-order chi connectivity index (χ0) is 28.6. The van der Waals surface area contributed by atoms with E-state index in [9.17, 15) is 40.3 Å². The third-order valence-electron chi connectivity index (χ3n) is 5.06. The van der Waals surface area contributed by atoms with E-state index in [1.54, 1.807) is 5.32 Å². The molecule has 1 N–H and O–H groups in total. The van der Waals surface area contributed by atoms with Gasteiger partial charge in [0.25, 0.3) is 5.91 Å². The maximum atomic E-state index is 13.9. The monoisotopic (exact) mass is 583 g/mol. The van der Waals surface area contributed by atoms with Gasteiger partial charge in [0.05, 0.1) is 28.8 Å². The van der Waals surface area contributed by atoms with Crippen LogP contribution in [-0.2, 0) is 17.5 Å². The third-order valence-corrected chi connectivity index (χ3v) is 5.61. The molecule has 3 rings (SSSR count). The van der Waals surface area contributed by atoms with Crippen molar-refractivity contribution in [3.8, 4) is 12.3 Å². The van der Waals surface area contributed by atoms with Crippen LogP contribution < -0.4 is 5.32 Å². The highest BCUT2D eigenvalue weighted by Crippen LogP contribution is 2.37. The summed E-state index contributed by atoms with van der Waals surface area (Å²) in [5.41, 5.74) is -4.46. The Morgan fingerprint density at radius 1 is 1.13 bits per heavy atom. The van der Waals surface area contributed by atoms with Crippen LogP contribution in [0.15, 0.2) is 24.3 Å². The highest BCUT2D eigenvalue weighted by molar-refractivity contribution is 6.35. The fourth-order valence-corrected chi connectivity index (χ4v) is 4.01. The number of fused-ring (bicyclic) bond motifs is 1. The Bertz CT molecular complexity index is 1440. The molecule has 0 fully saturated rings. The van der Waals surface area contributed by atoms with Crippen LogP contribution in [0.1, 0.15) is 45.1 Å². The Kier molecular flexibility index (Phi) is 8.18. The van der Waals surface area contributed by atoms with E-state index in [0.29, 0.717) is 12.1 Å². The van der Waals surface area contributed by atoms with Crippen LogP contribution in [0.3, 0.4) is 0 Å². The number of nitrogens with one attached hydrogen (secondary N) is 1. The van der Waals surface area contributed by atoms with E-state index >= 15 is 0 Å². The van der Waals surface area contributed by atoms with Gasteiger partial charge in [0.2, 0.25) is 0 Å². The van der Waals surface area contributed by atoms with E-state index in [-0.39, 0.29) is 12.0 Å². The minimum atomic E-state index is -5.14. The molecule has 1 aromatic carbocycles. The van der Waals surface area contributed by atoms with Gasteiger partial charge in [-0.15, -0.1) is 6.42 Å². The average Bonchev–Trinajstić information content (AvgIpc) is 3.16. The first kappa shape index (κ1) is 29.1. The second-order valence-corrected chi connectivity index (χ2v) is 8.40. The summed E-state index contributed by atoms with van der Waals surface area (Å²) >= 11 is 11.2. The first-order valence-electron chi connectivity index (χ1n) is 10.3. The molecule has 2 heterocycles. The lowest BCUT2D eigenvalue weighted by Gasteiger charge is -2.23. The number of amides is 1. The summed E-state index contributed by atoms with van der Waals surface area (Å²) in [5.74, 6) is -1.88. The molecule has 38 heavy (non-hydrogen) atoms. The summed E-state index contributed by atoms with van der Waals surface area (Å²) in [6.45, 7) is 0.540. The number of rotatable bonds is 6. The second-order valence-electron chi connectivity index (χ2n) is 7.58. The SMILES string of the molecule is C#CCn1c(C(=O)NC(c2cc(Cl)c(F)c(Cl)c2)C(F)(F)F)cc2cc(C(=O)OCC)c(C(F)(F)F)nc21. The molecule has 2 aromatic heterocycles. The Labute approximate surface area is 219 Å². The van der Waals surface area contributed by atoms with Crippen LogP contribution in [0, 0.1) is 18.2 Å². The van der Waals surface area contributed by atoms with Crippen molar-refractivity contribution in [3.63, 3.8) is 0 Å². The number of alkyl halides is 6. The number of carbonyl (C=O) groups excluding carboxylic acids is 2. The lowest BCUT2D eigenvalue weighted by atomic mass is 10.1. The largest absolute Gasteiger partial charge is 0.462 e. The lowest BCUT2D eigenvalue weighted by Crippen LogP contribution is -2.39. The number of aromatic nitrogens is 2. The first-order chi connectivity index (χ1) is 17.6. The van der Waals surface area contributed by atoms with Crippen molar-refractivity contribution in [1.29, 1.82) is 0 Å². The standard InChI is InChI=1S/C23H14Cl2F7N3O3/c1-3-5-35-15(9-11-6-12(21(37)38-4-2)18(23(30,31)32)33-19(11)35)20(36)34-17(22(27,28)29)10-7-13(24)16(26)14(25)8-10/h1,6-9,17H,4-5H2,2H3,(H,34,36). The van der Waals surface area contributed by atoms with Gasteiger partial charge in [-0.1, -0.05) is 29.1 Å². The quantitative estimate of drug-likeness (QED) is 0.159. The van der Waals surface area contributed by atoms with E-state index in [1.807, 2.05) is 0 Å². The van der Waals surface area contributed by atoms with Gasteiger partial charge in [-0.05, 0) is 36.8 Å². The summed E-state index contributed by atoms with van der Waals surface area (Å²) in [4.78, 5) is 28.6. The molecule has 0 aliphatic heterocycles. The van der Waals surface area contributed by atoms with E-state index in [4.69, 9.17) is 29.6 Å². The number of esters is 1. The molecular formula is C23H14Cl2F7N3O3. The number of halogens is 9. The molecule has 1 unspecified atom stereocenters. The second kappa shape index (κ2) is 10.7. The van der Waals surface area contributed by atoms with Crippen molar-refractivity contribution >= 4 is 46.1 Å². The van der Waals surface area contributed by atoms with Gasteiger partial charge in [-0.3, -0.25) is 4.79 Å². The molecule has 3 aromatic rings. The van der Waals surface area contributed by atoms with Crippen molar-refractivity contribution in [1.82, 2.24) is 14.9 Å². The fourth-order valence-electron chi connectivity index (χ4n) is 3.50. The zero-order valence-corrected chi connectivity index (χ0v) is 20.4. The van der Waals surface area contributed by atoms with Crippen LogP contribution in [-0.4, -0.2) is 34.2 Å². The van der Waals surface area contributed by atoms with Gasteiger partial charge in [-0.2, -0.15) is 26.3 Å². The summed E-state index contributed by atoms with van der Waals surface area (Å²) in [6, 6.07) is 0.127. The number of hydrogen-bond donors (Lipinski definition) is 1. The van der Waals surface area contributed by atoms with Gasteiger partial charge >= 0.3 is 18.3 Å². The van der Waals surface area contributed by atoms with E-state index in [2.05, 4.69) is 15.6 Å². The fraction of sp³-hybridized carbons (Fsp3) is 0.261. The van der Waals surface area contributed by atoms with Crippen molar-refractivity contribution in [3.05, 3.63) is 62.6 Å². The summed E-state index contributed by atoms with van der Waals surface area (Å²) < 4.78 is 102. The van der Waals surface area contributed by atoms with Gasteiger partial charge in [-0.25, -0.2) is 14.2 Å². The normalized spacial score (nSPS) is 12.8. The smallest absolute Gasteiger partial charge is 0.434 e. The Morgan fingerprint density at radius 3 is 2.24 bits per heavy atom.